The van der Waals surface area contributed by atoms with Crippen LogP contribution >= 0.6 is 0 Å². The van der Waals surface area contributed by atoms with Crippen molar-refractivity contribution in [1.82, 2.24) is 0 Å². The molecule has 0 spiro atoms. The molecule has 1 aliphatic rings. The molecular weight excluding hydrogens is 272 g/mol. The van der Waals surface area contributed by atoms with E-state index in [9.17, 15) is 4.79 Å². The molecule has 0 radical (unpaired) electrons. The van der Waals surface area contributed by atoms with E-state index in [4.69, 9.17) is 0 Å². The fourth-order valence-corrected chi connectivity index (χ4v) is 2.75. The predicted octanol–water partition coefficient (Wildman–Crippen LogP) is 5.30. The zero-order valence-electron chi connectivity index (χ0n) is 14.5. The minimum atomic E-state index is -0.341. The molecule has 1 rings (SSSR count). The molecule has 0 aromatic carbocycles. The molecule has 2 heteroatoms. The minimum Gasteiger partial charge on any atom is -0.466 e. The van der Waals surface area contributed by atoms with Crippen molar-refractivity contribution in [2.75, 3.05) is 7.11 Å². The summed E-state index contributed by atoms with van der Waals surface area (Å²) >= 11 is 0. The Bertz CT molecular complexity index is 540. The van der Waals surface area contributed by atoms with Crippen LogP contribution in [0.3, 0.4) is 0 Å². The number of rotatable bonds is 5. The highest BCUT2D eigenvalue weighted by atomic mass is 16.5. The summed E-state index contributed by atoms with van der Waals surface area (Å²) in [6.45, 7) is 8.98. The molecule has 0 atom stereocenters. The van der Waals surface area contributed by atoms with Crippen LogP contribution in [0.15, 0.2) is 59.3 Å². The smallest absolute Gasteiger partial charge is 0.330 e. The molecule has 22 heavy (non-hydrogen) atoms. The van der Waals surface area contributed by atoms with Gasteiger partial charge in [-0.05, 0) is 44.1 Å². The maximum Gasteiger partial charge on any atom is 0.330 e. The quantitative estimate of drug-likeness (QED) is 0.391. The lowest BCUT2D eigenvalue weighted by atomic mass is 9.72. The molecule has 0 amide bonds. The Hall–Kier alpha value is -1.83. The van der Waals surface area contributed by atoms with Crippen molar-refractivity contribution >= 4 is 5.97 Å². The van der Waals surface area contributed by atoms with Gasteiger partial charge in [0.25, 0.3) is 0 Å². The third-order valence-corrected chi connectivity index (χ3v) is 4.07. The highest BCUT2D eigenvalue weighted by Crippen LogP contribution is 2.40. The van der Waals surface area contributed by atoms with Crippen molar-refractivity contribution in [2.45, 2.75) is 47.0 Å². The molecule has 0 N–H and O–H groups in total. The van der Waals surface area contributed by atoms with Crippen LogP contribution in [0.25, 0.3) is 0 Å². The summed E-state index contributed by atoms with van der Waals surface area (Å²) in [7, 11) is 1.37. The molecule has 0 heterocycles. The Balaban J connectivity index is 2.69. The third-order valence-electron chi connectivity index (χ3n) is 4.07. The molecule has 0 unspecified atom stereocenters. The fraction of sp³-hybridized carbons (Fsp3) is 0.450. The second-order valence-corrected chi connectivity index (χ2v) is 6.44. The number of allylic oxidation sites excluding steroid dienone is 9. The zero-order valence-corrected chi connectivity index (χ0v) is 14.5. The van der Waals surface area contributed by atoms with Crippen molar-refractivity contribution in [1.29, 1.82) is 0 Å². The first-order valence-electron chi connectivity index (χ1n) is 7.84. The van der Waals surface area contributed by atoms with E-state index in [1.54, 1.807) is 6.08 Å². The van der Waals surface area contributed by atoms with E-state index < -0.39 is 0 Å². The minimum absolute atomic E-state index is 0.276. The second kappa shape index (κ2) is 8.57. The topological polar surface area (TPSA) is 26.3 Å². The van der Waals surface area contributed by atoms with Crippen LogP contribution < -0.4 is 0 Å². The number of carbonyl (C=O) groups excluding carboxylic acids is 1. The van der Waals surface area contributed by atoms with Crippen LogP contribution in [-0.2, 0) is 9.53 Å². The van der Waals surface area contributed by atoms with Crippen LogP contribution in [0.4, 0.5) is 0 Å². The van der Waals surface area contributed by atoms with Gasteiger partial charge >= 0.3 is 5.97 Å². The molecule has 0 aromatic heterocycles. The first-order chi connectivity index (χ1) is 10.4. The van der Waals surface area contributed by atoms with Gasteiger partial charge in [0.15, 0.2) is 0 Å². The largest absolute Gasteiger partial charge is 0.466 e. The molecule has 0 aliphatic heterocycles. The molecule has 0 bridgehead atoms. The molecule has 0 saturated heterocycles. The summed E-state index contributed by atoms with van der Waals surface area (Å²) < 4.78 is 4.52. The standard InChI is InChI=1S/C20H28O2/c1-16(10-7-6-8-12-19(21)22-5)13-14-18-17(2)11-9-15-20(18,3)4/h6-8,10,12-14H,9,11,15H2,1-5H3. The van der Waals surface area contributed by atoms with Crippen molar-refractivity contribution in [3.8, 4) is 0 Å². The Kier molecular flexibility index (Phi) is 7.10. The van der Waals surface area contributed by atoms with E-state index in [0.717, 1.165) is 0 Å². The van der Waals surface area contributed by atoms with E-state index in [1.807, 2.05) is 18.2 Å². The van der Waals surface area contributed by atoms with Gasteiger partial charge in [0.2, 0.25) is 0 Å². The lowest BCUT2D eigenvalue weighted by molar-refractivity contribution is -0.134. The summed E-state index contributed by atoms with van der Waals surface area (Å²) in [4.78, 5) is 10.9. The van der Waals surface area contributed by atoms with Crippen LogP contribution in [0.5, 0.6) is 0 Å². The summed E-state index contributed by atoms with van der Waals surface area (Å²) in [5.74, 6) is -0.341. The maximum absolute atomic E-state index is 10.9. The molecule has 2 nitrogen and oxygen atoms in total. The third kappa shape index (κ3) is 5.88. The van der Waals surface area contributed by atoms with Crippen LogP contribution in [-0.4, -0.2) is 13.1 Å². The van der Waals surface area contributed by atoms with Crippen molar-refractivity contribution in [2.24, 2.45) is 5.41 Å². The Morgan fingerprint density at radius 2 is 1.91 bits per heavy atom. The molecule has 0 saturated carbocycles. The van der Waals surface area contributed by atoms with Gasteiger partial charge in [0.1, 0.15) is 0 Å². The van der Waals surface area contributed by atoms with Crippen LogP contribution in [0.1, 0.15) is 47.0 Å². The average molecular weight is 300 g/mol. The van der Waals surface area contributed by atoms with Crippen molar-refractivity contribution in [3.05, 3.63) is 59.3 Å². The summed E-state index contributed by atoms with van der Waals surface area (Å²) in [6.07, 6.45) is 17.0. The van der Waals surface area contributed by atoms with Gasteiger partial charge in [-0.2, -0.15) is 0 Å². The van der Waals surface area contributed by atoms with Gasteiger partial charge < -0.3 is 4.74 Å². The molecule has 0 aromatic rings. The fourth-order valence-electron chi connectivity index (χ4n) is 2.75. The second-order valence-electron chi connectivity index (χ2n) is 6.44. The van der Waals surface area contributed by atoms with Gasteiger partial charge in [-0.15, -0.1) is 0 Å². The Morgan fingerprint density at radius 3 is 2.55 bits per heavy atom. The number of carbonyl (C=O) groups is 1. The number of methoxy groups -OCH3 is 1. The Labute approximate surface area is 134 Å². The monoisotopic (exact) mass is 300 g/mol. The summed E-state index contributed by atoms with van der Waals surface area (Å²) in [5.41, 5.74) is 4.44. The lowest BCUT2D eigenvalue weighted by Gasteiger charge is -2.32. The number of hydrogen-bond acceptors (Lipinski definition) is 2. The van der Waals surface area contributed by atoms with E-state index in [-0.39, 0.29) is 11.4 Å². The van der Waals surface area contributed by atoms with E-state index in [2.05, 4.69) is 44.6 Å². The van der Waals surface area contributed by atoms with Crippen LogP contribution in [0.2, 0.25) is 0 Å². The van der Waals surface area contributed by atoms with Crippen molar-refractivity contribution < 1.29 is 9.53 Å². The van der Waals surface area contributed by atoms with Gasteiger partial charge in [-0.1, -0.05) is 61.4 Å². The highest BCUT2D eigenvalue weighted by Gasteiger charge is 2.26. The van der Waals surface area contributed by atoms with E-state index in [0.29, 0.717) is 0 Å². The van der Waals surface area contributed by atoms with Crippen molar-refractivity contribution in [3.63, 3.8) is 0 Å². The lowest BCUT2D eigenvalue weighted by Crippen LogP contribution is -2.19. The molecule has 0 fully saturated rings. The summed E-state index contributed by atoms with van der Waals surface area (Å²) in [5, 5.41) is 0. The van der Waals surface area contributed by atoms with Crippen LogP contribution in [0, 0.1) is 5.41 Å². The normalized spacial score (nSPS) is 19.6. The SMILES string of the molecule is COC(=O)C=CC=CC=C(C)C=CC1=C(C)CCCC1(C)C. The zero-order chi connectivity index (χ0) is 16.6. The average Bonchev–Trinajstić information content (AvgIpc) is 2.45. The maximum atomic E-state index is 10.9. The van der Waals surface area contributed by atoms with Gasteiger partial charge in [-0.3, -0.25) is 0 Å². The first-order valence-corrected chi connectivity index (χ1v) is 7.84. The highest BCUT2D eigenvalue weighted by molar-refractivity contribution is 5.82. The number of ether oxygens (including phenoxy) is 1. The number of hydrogen-bond donors (Lipinski definition) is 0. The van der Waals surface area contributed by atoms with Gasteiger partial charge in [0, 0.05) is 6.08 Å². The Morgan fingerprint density at radius 1 is 1.18 bits per heavy atom. The predicted molar refractivity (Wildman–Crippen MR) is 93.5 cm³/mol. The van der Waals surface area contributed by atoms with E-state index in [1.165, 1.54) is 49.2 Å². The first kappa shape index (κ1) is 18.2. The van der Waals surface area contributed by atoms with Gasteiger partial charge in [-0.25, -0.2) is 4.79 Å². The molecule has 120 valence electrons. The van der Waals surface area contributed by atoms with E-state index >= 15 is 0 Å². The number of esters is 1. The molecule has 1 aliphatic carbocycles. The van der Waals surface area contributed by atoms with Gasteiger partial charge in [0.05, 0.1) is 7.11 Å². The molecular formula is C20H28O2. The summed E-state index contributed by atoms with van der Waals surface area (Å²) in [6, 6.07) is 0.